The van der Waals surface area contributed by atoms with Gasteiger partial charge in [-0.3, -0.25) is 0 Å². The first-order valence-corrected chi connectivity index (χ1v) is 6.01. The molecule has 0 radical (unpaired) electrons. The first-order valence-electron chi connectivity index (χ1n) is 6.01. The highest BCUT2D eigenvalue weighted by Crippen LogP contribution is 2.20. The van der Waals surface area contributed by atoms with Crippen molar-refractivity contribution >= 4 is 5.97 Å². The van der Waals surface area contributed by atoms with Crippen molar-refractivity contribution in [2.75, 3.05) is 0 Å². The molecule has 0 fully saturated rings. The first-order chi connectivity index (χ1) is 9.08. The lowest BCUT2D eigenvalue weighted by molar-refractivity contribution is 0.0371. The maximum atomic E-state index is 13.8. The van der Waals surface area contributed by atoms with Gasteiger partial charge in [-0.1, -0.05) is 30.3 Å². The van der Waals surface area contributed by atoms with E-state index in [-0.39, 0.29) is 17.5 Å². The molecular weight excluding hydrogens is 245 g/mol. The summed E-state index contributed by atoms with van der Waals surface area (Å²) in [6, 6.07) is 11.4. The second kappa shape index (κ2) is 5.61. The summed E-state index contributed by atoms with van der Waals surface area (Å²) in [7, 11) is 0. The molecule has 0 aliphatic rings. The lowest BCUT2D eigenvalue weighted by Gasteiger charge is -2.09. The largest absolute Gasteiger partial charge is 0.458 e. The van der Waals surface area contributed by atoms with E-state index < -0.39 is 11.8 Å². The number of ether oxygens (including phenoxy) is 1. The quantitative estimate of drug-likeness (QED) is 0.792. The predicted octanol–water partition coefficient (Wildman–Crippen LogP) is 3.45. The lowest BCUT2D eigenvalue weighted by atomic mass is 10.1. The van der Waals surface area contributed by atoms with Gasteiger partial charge in [0.25, 0.3) is 0 Å². The number of esters is 1. The van der Waals surface area contributed by atoms with Gasteiger partial charge < -0.3 is 4.74 Å². The van der Waals surface area contributed by atoms with Crippen molar-refractivity contribution in [1.82, 2.24) is 4.98 Å². The number of benzene rings is 1. The van der Waals surface area contributed by atoms with Gasteiger partial charge in [-0.05, 0) is 26.0 Å². The van der Waals surface area contributed by atoms with Gasteiger partial charge in [0.05, 0.1) is 6.10 Å². The van der Waals surface area contributed by atoms with Crippen molar-refractivity contribution < 1.29 is 13.9 Å². The SMILES string of the molecule is CC(C)OC(=O)c1ccc(F)c(-c2ccccc2)n1. The van der Waals surface area contributed by atoms with Gasteiger partial charge in [-0.2, -0.15) is 0 Å². The second-order valence-corrected chi connectivity index (χ2v) is 4.35. The zero-order valence-electron chi connectivity index (χ0n) is 10.8. The fourth-order valence-corrected chi connectivity index (χ4v) is 1.63. The third-order valence-electron chi connectivity index (χ3n) is 2.45. The van der Waals surface area contributed by atoms with E-state index in [1.165, 1.54) is 12.1 Å². The van der Waals surface area contributed by atoms with Gasteiger partial charge in [0.15, 0.2) is 0 Å². The van der Waals surface area contributed by atoms with Crippen LogP contribution in [-0.2, 0) is 4.74 Å². The molecule has 1 aromatic carbocycles. The smallest absolute Gasteiger partial charge is 0.357 e. The number of hydrogen-bond donors (Lipinski definition) is 0. The Morgan fingerprint density at radius 3 is 2.47 bits per heavy atom. The molecule has 0 aliphatic carbocycles. The molecule has 0 N–H and O–H groups in total. The maximum Gasteiger partial charge on any atom is 0.357 e. The van der Waals surface area contributed by atoms with Crippen LogP contribution in [0.3, 0.4) is 0 Å². The average Bonchev–Trinajstić information content (AvgIpc) is 2.39. The second-order valence-electron chi connectivity index (χ2n) is 4.35. The molecule has 0 spiro atoms. The van der Waals surface area contributed by atoms with Crippen molar-refractivity contribution in [3.8, 4) is 11.3 Å². The molecule has 0 aliphatic heterocycles. The fraction of sp³-hybridized carbons (Fsp3) is 0.200. The van der Waals surface area contributed by atoms with E-state index in [4.69, 9.17) is 4.74 Å². The number of nitrogens with zero attached hydrogens (tertiary/aromatic N) is 1. The molecule has 1 aromatic heterocycles. The molecule has 0 saturated heterocycles. The number of hydrogen-bond acceptors (Lipinski definition) is 3. The van der Waals surface area contributed by atoms with Gasteiger partial charge in [-0.25, -0.2) is 14.2 Å². The molecule has 19 heavy (non-hydrogen) atoms. The molecule has 98 valence electrons. The van der Waals surface area contributed by atoms with Crippen LogP contribution in [0.5, 0.6) is 0 Å². The van der Waals surface area contributed by atoms with Crippen molar-refractivity contribution in [1.29, 1.82) is 0 Å². The summed E-state index contributed by atoms with van der Waals surface area (Å²) in [5, 5.41) is 0. The van der Waals surface area contributed by atoms with Gasteiger partial charge in [0.2, 0.25) is 0 Å². The van der Waals surface area contributed by atoms with Crippen LogP contribution >= 0.6 is 0 Å². The molecule has 3 nitrogen and oxygen atoms in total. The summed E-state index contributed by atoms with van der Waals surface area (Å²) in [5.74, 6) is -1.01. The minimum Gasteiger partial charge on any atom is -0.458 e. The topological polar surface area (TPSA) is 39.2 Å². The van der Waals surface area contributed by atoms with Crippen LogP contribution < -0.4 is 0 Å². The highest BCUT2D eigenvalue weighted by Gasteiger charge is 2.14. The molecule has 4 heteroatoms. The molecule has 0 unspecified atom stereocenters. The van der Waals surface area contributed by atoms with Gasteiger partial charge in [0, 0.05) is 5.56 Å². The monoisotopic (exact) mass is 259 g/mol. The van der Waals surface area contributed by atoms with Crippen molar-refractivity contribution in [3.63, 3.8) is 0 Å². The lowest BCUT2D eigenvalue weighted by Crippen LogP contribution is -2.13. The van der Waals surface area contributed by atoms with E-state index in [9.17, 15) is 9.18 Å². The Kier molecular flexibility index (Phi) is 3.90. The average molecular weight is 259 g/mol. The molecule has 2 rings (SSSR count). The maximum absolute atomic E-state index is 13.8. The number of carbonyl (C=O) groups is 1. The Morgan fingerprint density at radius 1 is 1.16 bits per heavy atom. The fourth-order valence-electron chi connectivity index (χ4n) is 1.63. The zero-order valence-corrected chi connectivity index (χ0v) is 10.8. The number of rotatable bonds is 3. The van der Waals surface area contributed by atoms with Gasteiger partial charge >= 0.3 is 5.97 Å². The highest BCUT2D eigenvalue weighted by molar-refractivity contribution is 5.88. The Bertz CT molecular complexity index is 582. The highest BCUT2D eigenvalue weighted by atomic mass is 19.1. The van der Waals surface area contributed by atoms with E-state index in [0.29, 0.717) is 5.56 Å². The summed E-state index contributed by atoms with van der Waals surface area (Å²) in [6.07, 6.45) is -0.237. The number of aromatic nitrogens is 1. The Morgan fingerprint density at radius 2 is 1.84 bits per heavy atom. The van der Waals surface area contributed by atoms with E-state index in [0.717, 1.165) is 0 Å². The third kappa shape index (κ3) is 3.16. The molecule has 0 atom stereocenters. The Hall–Kier alpha value is -2.23. The first kappa shape index (κ1) is 13.2. The van der Waals surface area contributed by atoms with E-state index in [1.54, 1.807) is 38.1 Å². The van der Waals surface area contributed by atoms with Crippen LogP contribution in [0.2, 0.25) is 0 Å². The summed E-state index contributed by atoms with van der Waals surface area (Å²) >= 11 is 0. The van der Waals surface area contributed by atoms with Crippen molar-refractivity contribution in [2.45, 2.75) is 20.0 Å². The zero-order chi connectivity index (χ0) is 13.8. The van der Waals surface area contributed by atoms with Gasteiger partial charge in [-0.15, -0.1) is 0 Å². The normalized spacial score (nSPS) is 10.5. The van der Waals surface area contributed by atoms with Gasteiger partial charge in [0.1, 0.15) is 17.2 Å². The van der Waals surface area contributed by atoms with Crippen LogP contribution in [0, 0.1) is 5.82 Å². The molecule has 0 bridgehead atoms. The summed E-state index contributed by atoms with van der Waals surface area (Å²) < 4.78 is 18.8. The van der Waals surface area contributed by atoms with Crippen LogP contribution in [0.4, 0.5) is 4.39 Å². The number of pyridine rings is 1. The minimum atomic E-state index is -0.549. The van der Waals surface area contributed by atoms with Crippen LogP contribution in [0.25, 0.3) is 11.3 Å². The molecule has 1 heterocycles. The summed E-state index contributed by atoms with van der Waals surface area (Å²) in [5.41, 5.74) is 0.881. The van der Waals surface area contributed by atoms with Crippen molar-refractivity contribution in [2.24, 2.45) is 0 Å². The standard InChI is InChI=1S/C15H14FNO2/c1-10(2)19-15(18)13-9-8-12(16)14(17-13)11-6-4-3-5-7-11/h3-10H,1-2H3. The number of carbonyl (C=O) groups excluding carboxylic acids is 1. The van der Waals surface area contributed by atoms with Crippen LogP contribution in [0.1, 0.15) is 24.3 Å². The summed E-state index contributed by atoms with van der Waals surface area (Å²) in [6.45, 7) is 3.50. The third-order valence-corrected chi connectivity index (χ3v) is 2.45. The number of halogens is 1. The van der Waals surface area contributed by atoms with Crippen LogP contribution in [0.15, 0.2) is 42.5 Å². The Labute approximate surface area is 111 Å². The Balaban J connectivity index is 2.38. The van der Waals surface area contributed by atoms with E-state index in [1.807, 2.05) is 6.07 Å². The predicted molar refractivity (Wildman–Crippen MR) is 70.2 cm³/mol. The molecule has 2 aromatic rings. The van der Waals surface area contributed by atoms with E-state index in [2.05, 4.69) is 4.98 Å². The van der Waals surface area contributed by atoms with Crippen molar-refractivity contribution in [3.05, 3.63) is 54.0 Å². The molecule has 0 saturated carbocycles. The molecular formula is C15H14FNO2. The minimum absolute atomic E-state index is 0.106. The van der Waals surface area contributed by atoms with Crippen LogP contribution in [-0.4, -0.2) is 17.1 Å². The van der Waals surface area contributed by atoms with E-state index >= 15 is 0 Å². The molecule has 0 amide bonds. The summed E-state index contributed by atoms with van der Waals surface area (Å²) in [4.78, 5) is 15.8.